The second kappa shape index (κ2) is 5.13. The third-order valence-electron chi connectivity index (χ3n) is 3.04. The van der Waals surface area contributed by atoms with E-state index in [-0.39, 0.29) is 0 Å². The Balaban J connectivity index is 2.19. The molecule has 84 valence electrons. The number of nitrogens with one attached hydrogen (secondary N) is 1. The summed E-state index contributed by atoms with van der Waals surface area (Å²) in [4.78, 5) is 0. The van der Waals surface area contributed by atoms with Crippen LogP contribution in [0.25, 0.3) is 0 Å². The van der Waals surface area contributed by atoms with Crippen molar-refractivity contribution in [3.8, 4) is 0 Å². The van der Waals surface area contributed by atoms with E-state index in [1.54, 1.807) is 0 Å². The Morgan fingerprint density at radius 1 is 1.36 bits per heavy atom. The van der Waals surface area contributed by atoms with Crippen LogP contribution < -0.4 is 5.32 Å². The van der Waals surface area contributed by atoms with Gasteiger partial charge in [-0.15, -0.1) is 0 Å². The highest BCUT2D eigenvalue weighted by atomic mass is 16.5. The largest absolute Gasteiger partial charge is 0.381 e. The maximum atomic E-state index is 5.76. The van der Waals surface area contributed by atoms with Gasteiger partial charge >= 0.3 is 0 Å². The van der Waals surface area contributed by atoms with Crippen molar-refractivity contribution in [2.24, 2.45) is 17.3 Å². The summed E-state index contributed by atoms with van der Waals surface area (Å²) in [5, 5.41) is 3.25. The molecule has 1 atom stereocenters. The van der Waals surface area contributed by atoms with Gasteiger partial charge in [-0.2, -0.15) is 0 Å². The van der Waals surface area contributed by atoms with E-state index >= 15 is 0 Å². The van der Waals surface area contributed by atoms with Gasteiger partial charge in [-0.05, 0) is 37.1 Å². The van der Waals surface area contributed by atoms with E-state index in [1.165, 1.54) is 12.8 Å². The molecular formula is C12H25NO. The molecule has 1 N–H and O–H groups in total. The van der Waals surface area contributed by atoms with Crippen molar-refractivity contribution < 1.29 is 4.74 Å². The van der Waals surface area contributed by atoms with Crippen molar-refractivity contribution >= 4 is 0 Å². The first-order valence-electron chi connectivity index (χ1n) is 5.76. The molecule has 1 fully saturated rings. The van der Waals surface area contributed by atoms with Gasteiger partial charge in [0.15, 0.2) is 0 Å². The zero-order valence-electron chi connectivity index (χ0n) is 10.1. The first-order chi connectivity index (χ1) is 6.54. The lowest BCUT2D eigenvalue weighted by Crippen LogP contribution is -2.33. The molecule has 0 aliphatic heterocycles. The smallest absolute Gasteiger partial charge is 0.0511 e. The summed E-state index contributed by atoms with van der Waals surface area (Å²) < 4.78 is 5.76. The zero-order valence-corrected chi connectivity index (χ0v) is 10.1. The van der Waals surface area contributed by atoms with Gasteiger partial charge in [0.05, 0.1) is 6.61 Å². The lowest BCUT2D eigenvalue weighted by Gasteiger charge is -2.30. The van der Waals surface area contributed by atoms with Crippen LogP contribution in [0.4, 0.5) is 0 Å². The first-order valence-corrected chi connectivity index (χ1v) is 5.76. The minimum absolute atomic E-state index is 0.340. The highest BCUT2D eigenvalue weighted by Gasteiger charge is 2.26. The Hall–Kier alpha value is -0.0800. The molecule has 0 bridgehead atoms. The Morgan fingerprint density at radius 3 is 2.43 bits per heavy atom. The summed E-state index contributed by atoms with van der Waals surface area (Å²) in [5.41, 5.74) is 0.340. The molecule has 14 heavy (non-hydrogen) atoms. The molecule has 1 aliphatic carbocycles. The van der Waals surface area contributed by atoms with Gasteiger partial charge in [0.25, 0.3) is 0 Å². The Morgan fingerprint density at radius 2 is 2.00 bits per heavy atom. The summed E-state index contributed by atoms with van der Waals surface area (Å²) >= 11 is 0. The van der Waals surface area contributed by atoms with Gasteiger partial charge in [0, 0.05) is 13.2 Å². The van der Waals surface area contributed by atoms with Crippen LogP contribution in [0.5, 0.6) is 0 Å². The van der Waals surface area contributed by atoms with Gasteiger partial charge in [0.2, 0.25) is 0 Å². The lowest BCUT2D eigenvalue weighted by atomic mass is 9.81. The Kier molecular flexibility index (Phi) is 4.39. The van der Waals surface area contributed by atoms with Crippen LogP contribution in [0.2, 0.25) is 0 Å². The van der Waals surface area contributed by atoms with E-state index in [1.807, 2.05) is 7.05 Å². The second-order valence-electron chi connectivity index (χ2n) is 5.60. The summed E-state index contributed by atoms with van der Waals surface area (Å²) in [6, 6.07) is 0. The van der Waals surface area contributed by atoms with Gasteiger partial charge in [-0.25, -0.2) is 0 Å². The van der Waals surface area contributed by atoms with Gasteiger partial charge in [-0.3, -0.25) is 0 Å². The minimum Gasteiger partial charge on any atom is -0.381 e. The average Bonchev–Trinajstić information content (AvgIpc) is 2.85. The summed E-state index contributed by atoms with van der Waals surface area (Å²) in [7, 11) is 2.01. The quantitative estimate of drug-likeness (QED) is 0.708. The van der Waals surface area contributed by atoms with E-state index in [0.29, 0.717) is 11.3 Å². The fraction of sp³-hybridized carbons (Fsp3) is 1.00. The van der Waals surface area contributed by atoms with Crippen molar-refractivity contribution in [3.05, 3.63) is 0 Å². The minimum atomic E-state index is 0.340. The molecule has 1 rings (SSSR count). The van der Waals surface area contributed by atoms with E-state index in [4.69, 9.17) is 4.74 Å². The van der Waals surface area contributed by atoms with Crippen molar-refractivity contribution in [1.82, 2.24) is 5.32 Å². The van der Waals surface area contributed by atoms with Crippen LogP contribution in [0.15, 0.2) is 0 Å². The van der Waals surface area contributed by atoms with Crippen molar-refractivity contribution in [3.63, 3.8) is 0 Å². The first kappa shape index (κ1) is 12.0. The molecule has 1 aliphatic rings. The molecule has 0 spiro atoms. The lowest BCUT2D eigenvalue weighted by molar-refractivity contribution is 0.0506. The predicted molar refractivity (Wildman–Crippen MR) is 60.4 cm³/mol. The SMILES string of the molecule is CNCC(COCC1CC1)C(C)(C)C. The molecule has 0 heterocycles. The summed E-state index contributed by atoms with van der Waals surface area (Å²) in [5.74, 6) is 1.50. The van der Waals surface area contributed by atoms with Gasteiger partial charge in [0.1, 0.15) is 0 Å². The second-order valence-corrected chi connectivity index (χ2v) is 5.60. The van der Waals surface area contributed by atoms with Gasteiger partial charge < -0.3 is 10.1 Å². The summed E-state index contributed by atoms with van der Waals surface area (Å²) in [6.07, 6.45) is 2.76. The Labute approximate surface area is 88.4 Å². The molecule has 0 aromatic rings. The topological polar surface area (TPSA) is 21.3 Å². The number of rotatable bonds is 6. The van der Waals surface area contributed by atoms with Gasteiger partial charge in [-0.1, -0.05) is 20.8 Å². The van der Waals surface area contributed by atoms with Crippen molar-refractivity contribution in [2.45, 2.75) is 33.6 Å². The molecule has 0 aromatic heterocycles. The molecule has 2 nitrogen and oxygen atoms in total. The van der Waals surface area contributed by atoms with E-state index in [0.717, 1.165) is 25.7 Å². The molecule has 1 unspecified atom stereocenters. The van der Waals surface area contributed by atoms with Crippen molar-refractivity contribution in [1.29, 1.82) is 0 Å². The summed E-state index contributed by atoms with van der Waals surface area (Å²) in [6.45, 7) is 9.80. The highest BCUT2D eigenvalue weighted by molar-refractivity contribution is 4.76. The van der Waals surface area contributed by atoms with E-state index in [9.17, 15) is 0 Å². The van der Waals surface area contributed by atoms with Crippen LogP contribution in [0, 0.1) is 17.3 Å². The predicted octanol–water partition coefficient (Wildman–Crippen LogP) is 2.29. The fourth-order valence-corrected chi connectivity index (χ4v) is 1.52. The standard InChI is InChI=1S/C12H25NO/c1-12(2,3)11(7-13-4)9-14-8-10-5-6-10/h10-11,13H,5-9H2,1-4H3. The van der Waals surface area contributed by atoms with E-state index in [2.05, 4.69) is 26.1 Å². The maximum Gasteiger partial charge on any atom is 0.0511 e. The maximum absolute atomic E-state index is 5.76. The number of hydrogen-bond acceptors (Lipinski definition) is 2. The molecule has 0 aromatic carbocycles. The highest BCUT2D eigenvalue weighted by Crippen LogP contribution is 2.30. The third kappa shape index (κ3) is 4.43. The molecule has 0 saturated heterocycles. The number of ether oxygens (including phenoxy) is 1. The molecular weight excluding hydrogens is 174 g/mol. The number of hydrogen-bond donors (Lipinski definition) is 1. The van der Waals surface area contributed by atoms with Crippen LogP contribution in [-0.4, -0.2) is 26.8 Å². The molecule has 2 heteroatoms. The third-order valence-corrected chi connectivity index (χ3v) is 3.04. The normalized spacial score (nSPS) is 19.7. The van der Waals surface area contributed by atoms with E-state index < -0.39 is 0 Å². The van der Waals surface area contributed by atoms with Crippen molar-refractivity contribution in [2.75, 3.05) is 26.8 Å². The molecule has 1 saturated carbocycles. The molecule has 0 amide bonds. The monoisotopic (exact) mass is 199 g/mol. The van der Waals surface area contributed by atoms with Crippen LogP contribution in [0.1, 0.15) is 33.6 Å². The van der Waals surface area contributed by atoms with Crippen LogP contribution >= 0.6 is 0 Å². The van der Waals surface area contributed by atoms with Crippen LogP contribution in [-0.2, 0) is 4.74 Å². The van der Waals surface area contributed by atoms with Crippen LogP contribution in [0.3, 0.4) is 0 Å². The zero-order chi connectivity index (χ0) is 10.6. The Bertz CT molecular complexity index is 158. The fourth-order valence-electron chi connectivity index (χ4n) is 1.52. The molecule has 0 radical (unpaired) electrons. The average molecular weight is 199 g/mol.